The van der Waals surface area contributed by atoms with Crippen molar-refractivity contribution in [2.45, 2.75) is 6.42 Å². The van der Waals surface area contributed by atoms with Gasteiger partial charge in [-0.25, -0.2) is 0 Å². The number of non-ortho nitro benzene ring substituents is 1. The standard InChI is InChI=1S/C10H10N2O2/c13-12(14)9-5-4-8-3-1-2-6-11-10(8)7-9/h1-2,4-5,7,11H,3,6H2. The summed E-state index contributed by atoms with van der Waals surface area (Å²) in [5.74, 6) is 0. The summed E-state index contributed by atoms with van der Waals surface area (Å²) in [5.41, 5.74) is 2.10. The molecule has 0 unspecified atom stereocenters. The van der Waals surface area contributed by atoms with Crippen LogP contribution in [0.4, 0.5) is 11.4 Å². The van der Waals surface area contributed by atoms with Crippen LogP contribution in [-0.4, -0.2) is 11.5 Å². The van der Waals surface area contributed by atoms with Crippen molar-refractivity contribution in [2.75, 3.05) is 11.9 Å². The van der Waals surface area contributed by atoms with Gasteiger partial charge in [-0.3, -0.25) is 10.1 Å². The van der Waals surface area contributed by atoms with Crippen molar-refractivity contribution in [3.8, 4) is 0 Å². The highest BCUT2D eigenvalue weighted by atomic mass is 16.6. The Balaban J connectivity index is 2.40. The monoisotopic (exact) mass is 190 g/mol. The fourth-order valence-corrected chi connectivity index (χ4v) is 1.48. The second-order valence-electron chi connectivity index (χ2n) is 3.15. The largest absolute Gasteiger partial charge is 0.381 e. The lowest BCUT2D eigenvalue weighted by atomic mass is 10.1. The first-order valence-electron chi connectivity index (χ1n) is 4.43. The SMILES string of the molecule is O=[N+]([O-])c1ccc2c(c1)NCC=CC2. The molecular formula is C10H10N2O2. The molecule has 0 saturated heterocycles. The number of allylic oxidation sites excluding steroid dienone is 1. The summed E-state index contributed by atoms with van der Waals surface area (Å²) < 4.78 is 0. The molecule has 0 spiro atoms. The lowest BCUT2D eigenvalue weighted by Crippen LogP contribution is -1.99. The number of benzene rings is 1. The second-order valence-corrected chi connectivity index (χ2v) is 3.15. The van der Waals surface area contributed by atoms with Crippen molar-refractivity contribution < 1.29 is 4.92 Å². The van der Waals surface area contributed by atoms with E-state index in [0.717, 1.165) is 24.2 Å². The molecule has 0 saturated carbocycles. The molecule has 1 N–H and O–H groups in total. The molecule has 1 aromatic carbocycles. The van der Waals surface area contributed by atoms with Gasteiger partial charge in [-0.1, -0.05) is 12.2 Å². The van der Waals surface area contributed by atoms with Crippen molar-refractivity contribution in [1.29, 1.82) is 0 Å². The molecular weight excluding hydrogens is 180 g/mol. The zero-order valence-corrected chi connectivity index (χ0v) is 7.56. The average Bonchev–Trinajstić information content (AvgIpc) is 2.41. The van der Waals surface area contributed by atoms with Crippen LogP contribution in [0.2, 0.25) is 0 Å². The highest BCUT2D eigenvalue weighted by molar-refractivity contribution is 5.58. The highest BCUT2D eigenvalue weighted by Gasteiger charge is 2.10. The van der Waals surface area contributed by atoms with Gasteiger partial charge in [0.2, 0.25) is 0 Å². The third-order valence-corrected chi connectivity index (χ3v) is 2.22. The Bertz CT molecular complexity index is 399. The van der Waals surface area contributed by atoms with Crippen LogP contribution in [0.5, 0.6) is 0 Å². The maximum Gasteiger partial charge on any atom is 0.271 e. The van der Waals surface area contributed by atoms with Crippen molar-refractivity contribution >= 4 is 11.4 Å². The van der Waals surface area contributed by atoms with Gasteiger partial charge < -0.3 is 5.32 Å². The topological polar surface area (TPSA) is 55.2 Å². The average molecular weight is 190 g/mol. The smallest absolute Gasteiger partial charge is 0.271 e. The van der Waals surface area contributed by atoms with Crippen molar-refractivity contribution in [2.24, 2.45) is 0 Å². The Kier molecular flexibility index (Phi) is 2.18. The van der Waals surface area contributed by atoms with Gasteiger partial charge in [-0.05, 0) is 18.1 Å². The summed E-state index contributed by atoms with van der Waals surface area (Å²) in [6, 6.07) is 4.93. The maximum atomic E-state index is 10.5. The third kappa shape index (κ3) is 1.59. The number of rotatable bonds is 1. The van der Waals surface area contributed by atoms with E-state index in [4.69, 9.17) is 0 Å². The van der Waals surface area contributed by atoms with Gasteiger partial charge in [0.05, 0.1) is 4.92 Å². The van der Waals surface area contributed by atoms with Crippen LogP contribution in [0.1, 0.15) is 5.56 Å². The van der Waals surface area contributed by atoms with Gasteiger partial charge in [0.25, 0.3) is 5.69 Å². The van der Waals surface area contributed by atoms with Crippen LogP contribution >= 0.6 is 0 Å². The van der Waals surface area contributed by atoms with E-state index in [-0.39, 0.29) is 10.6 Å². The van der Waals surface area contributed by atoms with Crippen molar-refractivity contribution in [1.82, 2.24) is 0 Å². The molecule has 14 heavy (non-hydrogen) atoms. The second kappa shape index (κ2) is 3.49. The van der Waals surface area contributed by atoms with E-state index in [1.807, 2.05) is 6.08 Å². The van der Waals surface area contributed by atoms with E-state index < -0.39 is 0 Å². The van der Waals surface area contributed by atoms with Gasteiger partial charge in [0.15, 0.2) is 0 Å². The van der Waals surface area contributed by atoms with E-state index in [1.165, 1.54) is 0 Å². The van der Waals surface area contributed by atoms with E-state index in [1.54, 1.807) is 18.2 Å². The molecule has 4 heteroatoms. The molecule has 0 fully saturated rings. The first-order valence-corrected chi connectivity index (χ1v) is 4.43. The van der Waals surface area contributed by atoms with Crippen LogP contribution in [0.15, 0.2) is 30.4 Å². The normalized spacial score (nSPS) is 14.0. The number of hydrogen-bond acceptors (Lipinski definition) is 3. The molecule has 4 nitrogen and oxygen atoms in total. The van der Waals surface area contributed by atoms with E-state index in [0.29, 0.717) is 0 Å². The number of hydrogen-bond donors (Lipinski definition) is 1. The lowest BCUT2D eigenvalue weighted by Gasteiger charge is -2.06. The summed E-state index contributed by atoms with van der Waals surface area (Å²) in [4.78, 5) is 10.2. The molecule has 0 amide bonds. The molecule has 0 bridgehead atoms. The molecule has 1 aliphatic rings. The van der Waals surface area contributed by atoms with Crippen molar-refractivity contribution in [3.05, 3.63) is 46.0 Å². The quantitative estimate of drug-likeness (QED) is 0.419. The Morgan fingerprint density at radius 1 is 1.36 bits per heavy atom. The number of nitrogens with one attached hydrogen (secondary N) is 1. The van der Waals surface area contributed by atoms with E-state index in [9.17, 15) is 10.1 Å². The number of nitro benzene ring substituents is 1. The first kappa shape index (κ1) is 8.74. The molecule has 1 heterocycles. The summed E-state index contributed by atoms with van der Waals surface area (Å²) in [6.07, 6.45) is 4.91. The summed E-state index contributed by atoms with van der Waals surface area (Å²) >= 11 is 0. The van der Waals surface area contributed by atoms with E-state index >= 15 is 0 Å². The molecule has 0 atom stereocenters. The minimum Gasteiger partial charge on any atom is -0.381 e. The fraction of sp³-hybridized carbons (Fsp3) is 0.200. The predicted molar refractivity (Wildman–Crippen MR) is 54.4 cm³/mol. The number of anilines is 1. The summed E-state index contributed by atoms with van der Waals surface area (Å²) in [7, 11) is 0. The van der Waals surface area contributed by atoms with Crippen LogP contribution in [-0.2, 0) is 6.42 Å². The van der Waals surface area contributed by atoms with Gasteiger partial charge in [0.1, 0.15) is 0 Å². The highest BCUT2D eigenvalue weighted by Crippen LogP contribution is 2.24. The zero-order chi connectivity index (χ0) is 9.97. The van der Waals surface area contributed by atoms with Gasteiger partial charge in [-0.15, -0.1) is 0 Å². The molecule has 0 aromatic heterocycles. The molecule has 1 aliphatic heterocycles. The Morgan fingerprint density at radius 2 is 2.21 bits per heavy atom. The molecule has 1 aromatic rings. The number of fused-ring (bicyclic) bond motifs is 1. The predicted octanol–water partition coefficient (Wildman–Crippen LogP) is 2.12. The fourth-order valence-electron chi connectivity index (χ4n) is 1.48. The Labute approximate surface area is 81.4 Å². The Hall–Kier alpha value is -1.84. The van der Waals surface area contributed by atoms with Gasteiger partial charge >= 0.3 is 0 Å². The maximum absolute atomic E-state index is 10.5. The Morgan fingerprint density at radius 3 is 3.00 bits per heavy atom. The number of nitro groups is 1. The minimum atomic E-state index is -0.375. The van der Waals surface area contributed by atoms with E-state index in [2.05, 4.69) is 11.4 Å². The van der Waals surface area contributed by atoms with Crippen LogP contribution < -0.4 is 5.32 Å². The molecule has 72 valence electrons. The first-order chi connectivity index (χ1) is 6.77. The summed E-state index contributed by atoms with van der Waals surface area (Å²) in [5, 5.41) is 13.7. The van der Waals surface area contributed by atoms with Crippen LogP contribution in [0.3, 0.4) is 0 Å². The van der Waals surface area contributed by atoms with Gasteiger partial charge in [0, 0.05) is 24.4 Å². The number of nitrogens with zero attached hydrogens (tertiary/aromatic N) is 1. The summed E-state index contributed by atoms with van der Waals surface area (Å²) in [6.45, 7) is 0.730. The third-order valence-electron chi connectivity index (χ3n) is 2.22. The molecule has 2 rings (SSSR count). The molecule has 0 radical (unpaired) electrons. The van der Waals surface area contributed by atoms with Crippen LogP contribution in [0.25, 0.3) is 0 Å². The minimum absolute atomic E-state index is 0.137. The van der Waals surface area contributed by atoms with Gasteiger partial charge in [-0.2, -0.15) is 0 Å². The lowest BCUT2D eigenvalue weighted by molar-refractivity contribution is -0.384. The van der Waals surface area contributed by atoms with Crippen molar-refractivity contribution in [3.63, 3.8) is 0 Å². The zero-order valence-electron chi connectivity index (χ0n) is 7.56. The van der Waals surface area contributed by atoms with Crippen LogP contribution in [0, 0.1) is 10.1 Å². The molecule has 0 aliphatic carbocycles.